The third-order valence-electron chi connectivity index (χ3n) is 3.31. The monoisotopic (exact) mass is 275 g/mol. The Hall–Kier alpha value is -2.11. The molecule has 0 saturated carbocycles. The van der Waals surface area contributed by atoms with Crippen LogP contribution in [0.3, 0.4) is 0 Å². The lowest BCUT2D eigenvalue weighted by atomic mass is 10.2. The van der Waals surface area contributed by atoms with Crippen LogP contribution < -0.4 is 0 Å². The summed E-state index contributed by atoms with van der Waals surface area (Å²) < 4.78 is 3.64. The van der Waals surface area contributed by atoms with Crippen LogP contribution in [0.5, 0.6) is 0 Å². The number of nitrogens with zero attached hydrogens (tertiary/aromatic N) is 5. The van der Waals surface area contributed by atoms with E-state index < -0.39 is 0 Å². The maximum Gasteiger partial charge on any atom is 0.274 e. The van der Waals surface area contributed by atoms with E-state index >= 15 is 0 Å². The number of carbonyl (C=O) groups is 1. The first-order valence-electron chi connectivity index (χ1n) is 6.87. The Labute approximate surface area is 119 Å². The van der Waals surface area contributed by atoms with Gasteiger partial charge in [-0.25, -0.2) is 0 Å². The molecular weight excluding hydrogens is 254 g/mol. The van der Waals surface area contributed by atoms with Crippen molar-refractivity contribution in [2.24, 2.45) is 0 Å². The highest BCUT2D eigenvalue weighted by atomic mass is 16.2. The molecule has 2 heterocycles. The number of carbonyl (C=O) groups excluding carboxylic acids is 1. The van der Waals surface area contributed by atoms with Crippen molar-refractivity contribution in [2.75, 3.05) is 7.05 Å². The van der Waals surface area contributed by atoms with Crippen LogP contribution in [-0.4, -0.2) is 37.4 Å². The highest BCUT2D eigenvalue weighted by Crippen LogP contribution is 2.10. The topological polar surface area (TPSA) is 56.0 Å². The average molecular weight is 275 g/mol. The van der Waals surface area contributed by atoms with Crippen LogP contribution in [-0.2, 0) is 19.6 Å². The molecule has 0 unspecified atom stereocenters. The third-order valence-corrected chi connectivity index (χ3v) is 3.31. The maximum absolute atomic E-state index is 12.3. The molecule has 0 aromatic carbocycles. The fourth-order valence-electron chi connectivity index (χ4n) is 2.05. The van der Waals surface area contributed by atoms with E-state index in [0.717, 1.165) is 24.3 Å². The summed E-state index contributed by atoms with van der Waals surface area (Å²) >= 11 is 0. The van der Waals surface area contributed by atoms with E-state index in [9.17, 15) is 4.79 Å². The van der Waals surface area contributed by atoms with Gasteiger partial charge in [-0.1, -0.05) is 0 Å². The van der Waals surface area contributed by atoms with Crippen molar-refractivity contribution in [2.45, 2.75) is 40.4 Å². The summed E-state index contributed by atoms with van der Waals surface area (Å²) in [5.41, 5.74) is 2.51. The van der Waals surface area contributed by atoms with Gasteiger partial charge in [0.15, 0.2) is 0 Å². The molecule has 0 bridgehead atoms. The van der Waals surface area contributed by atoms with Crippen LogP contribution >= 0.6 is 0 Å². The predicted octanol–water partition coefficient (Wildman–Crippen LogP) is 1.70. The lowest BCUT2D eigenvalue weighted by Gasteiger charge is -2.15. The molecule has 2 aromatic heterocycles. The predicted molar refractivity (Wildman–Crippen MR) is 76.3 cm³/mol. The highest BCUT2D eigenvalue weighted by molar-refractivity contribution is 5.91. The molecule has 1 amide bonds. The van der Waals surface area contributed by atoms with E-state index in [1.165, 1.54) is 0 Å². The van der Waals surface area contributed by atoms with Crippen LogP contribution in [0.25, 0.3) is 0 Å². The quantitative estimate of drug-likeness (QED) is 0.834. The van der Waals surface area contributed by atoms with E-state index in [0.29, 0.717) is 12.2 Å². The van der Waals surface area contributed by atoms with E-state index in [2.05, 4.69) is 10.2 Å². The minimum atomic E-state index is -0.0687. The van der Waals surface area contributed by atoms with E-state index in [1.54, 1.807) is 22.7 Å². The number of aryl methyl sites for hydroxylation is 3. The van der Waals surface area contributed by atoms with E-state index in [-0.39, 0.29) is 5.91 Å². The molecule has 108 valence electrons. The summed E-state index contributed by atoms with van der Waals surface area (Å²) in [7, 11) is 1.79. The van der Waals surface area contributed by atoms with Crippen molar-refractivity contribution in [1.29, 1.82) is 0 Å². The Morgan fingerprint density at radius 1 is 1.25 bits per heavy atom. The van der Waals surface area contributed by atoms with Crippen molar-refractivity contribution < 1.29 is 4.79 Å². The van der Waals surface area contributed by atoms with Crippen molar-refractivity contribution in [3.8, 4) is 0 Å². The molecule has 0 atom stereocenters. The zero-order valence-electron chi connectivity index (χ0n) is 12.5. The molecule has 0 aliphatic carbocycles. The van der Waals surface area contributed by atoms with Gasteiger partial charge in [-0.15, -0.1) is 0 Å². The Kier molecular flexibility index (Phi) is 4.22. The van der Waals surface area contributed by atoms with Gasteiger partial charge in [0, 0.05) is 44.6 Å². The van der Waals surface area contributed by atoms with Crippen LogP contribution in [0.15, 0.2) is 18.5 Å². The van der Waals surface area contributed by atoms with E-state index in [1.807, 2.05) is 37.8 Å². The lowest BCUT2D eigenvalue weighted by Crippen LogP contribution is -2.26. The van der Waals surface area contributed by atoms with Gasteiger partial charge in [0.1, 0.15) is 5.69 Å². The third kappa shape index (κ3) is 2.89. The smallest absolute Gasteiger partial charge is 0.274 e. The molecule has 6 nitrogen and oxygen atoms in total. The molecule has 0 aliphatic rings. The molecule has 2 aromatic rings. The lowest BCUT2D eigenvalue weighted by molar-refractivity contribution is 0.0778. The van der Waals surface area contributed by atoms with Gasteiger partial charge in [-0.3, -0.25) is 14.2 Å². The second kappa shape index (κ2) is 5.90. The number of rotatable bonds is 5. The molecule has 0 spiro atoms. The first-order valence-corrected chi connectivity index (χ1v) is 6.87. The normalized spacial score (nSPS) is 10.8. The molecule has 0 N–H and O–H groups in total. The fraction of sp³-hybridized carbons (Fsp3) is 0.500. The van der Waals surface area contributed by atoms with Crippen LogP contribution in [0, 0.1) is 6.92 Å². The number of hydrogen-bond acceptors (Lipinski definition) is 3. The van der Waals surface area contributed by atoms with Crippen molar-refractivity contribution in [3.63, 3.8) is 0 Å². The summed E-state index contributed by atoms with van der Waals surface area (Å²) in [6.07, 6.45) is 3.81. The zero-order chi connectivity index (χ0) is 14.7. The first-order chi connectivity index (χ1) is 9.55. The summed E-state index contributed by atoms with van der Waals surface area (Å²) in [5.74, 6) is -0.0687. The van der Waals surface area contributed by atoms with Crippen LogP contribution in [0.2, 0.25) is 0 Å². The Morgan fingerprint density at radius 2 is 1.95 bits per heavy atom. The van der Waals surface area contributed by atoms with Gasteiger partial charge in [-0.05, 0) is 26.8 Å². The Bertz CT molecular complexity index is 598. The van der Waals surface area contributed by atoms with E-state index in [4.69, 9.17) is 0 Å². The second-order valence-corrected chi connectivity index (χ2v) is 4.81. The van der Waals surface area contributed by atoms with Gasteiger partial charge in [-0.2, -0.15) is 10.2 Å². The Morgan fingerprint density at radius 3 is 2.50 bits per heavy atom. The average Bonchev–Trinajstić information content (AvgIpc) is 3.05. The molecule has 0 saturated heterocycles. The van der Waals surface area contributed by atoms with Gasteiger partial charge in [0.05, 0.1) is 5.69 Å². The molecule has 6 heteroatoms. The van der Waals surface area contributed by atoms with Crippen LogP contribution in [0.4, 0.5) is 0 Å². The van der Waals surface area contributed by atoms with Crippen molar-refractivity contribution in [1.82, 2.24) is 24.5 Å². The van der Waals surface area contributed by atoms with Crippen molar-refractivity contribution >= 4 is 5.91 Å². The minimum Gasteiger partial charge on any atom is -0.336 e. The number of amides is 1. The minimum absolute atomic E-state index is 0.0687. The molecule has 0 radical (unpaired) electrons. The molecule has 0 fully saturated rings. The van der Waals surface area contributed by atoms with Gasteiger partial charge in [0.2, 0.25) is 0 Å². The number of aromatic nitrogens is 4. The largest absolute Gasteiger partial charge is 0.336 e. The molecule has 0 aliphatic heterocycles. The standard InChI is InChI=1S/C14H21N5O/c1-5-18-8-7-13(16-18)14(20)17(4)9-12-10-19(6-2)15-11(12)3/h7-8,10H,5-6,9H2,1-4H3. The van der Waals surface area contributed by atoms with Gasteiger partial charge < -0.3 is 4.90 Å². The summed E-state index contributed by atoms with van der Waals surface area (Å²) in [6.45, 7) is 8.14. The molecular formula is C14H21N5O. The first kappa shape index (κ1) is 14.3. The zero-order valence-corrected chi connectivity index (χ0v) is 12.5. The Balaban J connectivity index is 2.08. The molecule has 20 heavy (non-hydrogen) atoms. The SMILES string of the molecule is CCn1ccc(C(=O)N(C)Cc2cn(CC)nc2C)n1. The maximum atomic E-state index is 12.3. The second-order valence-electron chi connectivity index (χ2n) is 4.81. The van der Waals surface area contributed by atoms with Crippen molar-refractivity contribution in [3.05, 3.63) is 35.4 Å². The van der Waals surface area contributed by atoms with Gasteiger partial charge >= 0.3 is 0 Å². The summed E-state index contributed by atoms with van der Waals surface area (Å²) in [4.78, 5) is 14.0. The van der Waals surface area contributed by atoms with Gasteiger partial charge in [0.25, 0.3) is 5.91 Å². The summed E-state index contributed by atoms with van der Waals surface area (Å²) in [6, 6.07) is 1.75. The molecule has 2 rings (SSSR count). The summed E-state index contributed by atoms with van der Waals surface area (Å²) in [5, 5.41) is 8.63. The number of hydrogen-bond donors (Lipinski definition) is 0. The highest BCUT2D eigenvalue weighted by Gasteiger charge is 2.16. The fourth-order valence-corrected chi connectivity index (χ4v) is 2.05. The van der Waals surface area contributed by atoms with Crippen LogP contribution in [0.1, 0.15) is 35.6 Å².